The third-order valence-electron chi connectivity index (χ3n) is 5.11. The number of nitrogens with zero attached hydrogens (tertiary/aromatic N) is 1. The number of rotatable bonds is 9. The number of aliphatic hydroxyl groups excluding tert-OH is 1. The lowest BCUT2D eigenvalue weighted by Crippen LogP contribution is -2.13. The van der Waals surface area contributed by atoms with E-state index in [-0.39, 0.29) is 18.5 Å². The van der Waals surface area contributed by atoms with Gasteiger partial charge in [0.25, 0.3) is 0 Å². The molecule has 1 heterocycles. The highest BCUT2D eigenvalue weighted by molar-refractivity contribution is 5.59. The van der Waals surface area contributed by atoms with Gasteiger partial charge in [-0.25, -0.2) is 4.98 Å². The molecule has 1 atom stereocenters. The van der Waals surface area contributed by atoms with Crippen LogP contribution in [-0.4, -0.2) is 16.7 Å². The summed E-state index contributed by atoms with van der Waals surface area (Å²) in [6.07, 6.45) is -4.03. The van der Waals surface area contributed by atoms with Crippen molar-refractivity contribution in [3.63, 3.8) is 0 Å². The molecule has 0 radical (unpaired) electrons. The molecule has 7 heteroatoms. The molecular weight excluding hydrogens is 443 g/mol. The van der Waals surface area contributed by atoms with Crippen molar-refractivity contribution in [1.29, 1.82) is 0 Å². The van der Waals surface area contributed by atoms with Gasteiger partial charge >= 0.3 is 6.18 Å². The summed E-state index contributed by atoms with van der Waals surface area (Å²) in [6, 6.07) is 15.8. The monoisotopic (exact) mass is 471 g/mol. The van der Waals surface area contributed by atoms with Gasteiger partial charge in [-0.1, -0.05) is 38.6 Å². The van der Waals surface area contributed by atoms with Gasteiger partial charge in [0.2, 0.25) is 0 Å². The van der Waals surface area contributed by atoms with E-state index in [0.717, 1.165) is 17.7 Å². The first-order valence-corrected chi connectivity index (χ1v) is 10.9. The Morgan fingerprint density at radius 1 is 1.06 bits per heavy atom. The van der Waals surface area contributed by atoms with Gasteiger partial charge in [-0.05, 0) is 67.3 Å². The molecule has 1 aromatic heterocycles. The predicted octanol–water partition coefficient (Wildman–Crippen LogP) is 7.69. The second kappa shape index (κ2) is 10.6. The highest BCUT2D eigenvalue weighted by Gasteiger charge is 2.30. The largest absolute Gasteiger partial charge is 0.509 e. The van der Waals surface area contributed by atoms with E-state index in [2.05, 4.69) is 20.4 Å². The molecule has 180 valence electrons. The van der Waals surface area contributed by atoms with Crippen LogP contribution >= 0.6 is 0 Å². The van der Waals surface area contributed by atoms with Gasteiger partial charge in [-0.15, -0.1) is 0 Å². The van der Waals surface area contributed by atoms with Crippen LogP contribution in [0.1, 0.15) is 43.2 Å². The average Bonchev–Trinajstić information content (AvgIpc) is 2.77. The average molecular weight is 472 g/mol. The van der Waals surface area contributed by atoms with Crippen LogP contribution in [0, 0.1) is 12.8 Å². The molecule has 4 nitrogen and oxygen atoms in total. The third kappa shape index (κ3) is 6.76. The number of hydrogen-bond donors (Lipinski definition) is 1. The maximum atomic E-state index is 12.9. The summed E-state index contributed by atoms with van der Waals surface area (Å²) in [5.41, 5.74) is 2.02. The van der Waals surface area contributed by atoms with Crippen molar-refractivity contribution >= 4 is 0 Å². The van der Waals surface area contributed by atoms with Crippen LogP contribution in [-0.2, 0) is 6.18 Å². The van der Waals surface area contributed by atoms with Crippen LogP contribution in [0.5, 0.6) is 11.5 Å². The summed E-state index contributed by atoms with van der Waals surface area (Å²) in [7, 11) is 0. The number of aromatic nitrogens is 1. The number of hydrogen-bond acceptors (Lipinski definition) is 4. The van der Waals surface area contributed by atoms with E-state index in [0.29, 0.717) is 40.8 Å². The molecule has 0 amide bonds. The molecule has 1 unspecified atom stereocenters. The Balaban J connectivity index is 1.84. The fourth-order valence-corrected chi connectivity index (χ4v) is 3.46. The number of ether oxygens (including phenoxy) is 2. The zero-order valence-electron chi connectivity index (χ0n) is 19.4. The molecule has 2 aromatic carbocycles. The van der Waals surface area contributed by atoms with E-state index in [1.54, 1.807) is 18.2 Å². The number of aliphatic hydroxyl groups is 1. The highest BCUT2D eigenvalue weighted by atomic mass is 19.4. The van der Waals surface area contributed by atoms with Crippen LogP contribution in [0.3, 0.4) is 0 Å². The van der Waals surface area contributed by atoms with Crippen molar-refractivity contribution in [1.82, 2.24) is 4.98 Å². The minimum absolute atomic E-state index is 0.0116. The minimum atomic E-state index is -4.38. The number of alkyl halides is 3. The fraction of sp³-hybridized carbons (Fsp3) is 0.296. The quantitative estimate of drug-likeness (QED) is 0.325. The van der Waals surface area contributed by atoms with Crippen molar-refractivity contribution in [2.45, 2.75) is 39.5 Å². The van der Waals surface area contributed by atoms with Gasteiger partial charge in [-0.3, -0.25) is 0 Å². The standard InChI is InChI=1S/C27H28F3NO3/c1-17(2)14-26(34-22-12-13-25(18(3)15-22)33-16-19(4)32)24-7-5-6-23(31-24)20-8-10-21(11-9-20)27(28,29)30/h5-13,15,17,26,32H,4,14,16H2,1-3H3. The van der Waals surface area contributed by atoms with Crippen LogP contribution < -0.4 is 9.47 Å². The Morgan fingerprint density at radius 2 is 1.76 bits per heavy atom. The lowest BCUT2D eigenvalue weighted by Gasteiger charge is -2.22. The van der Waals surface area contributed by atoms with Crippen LogP contribution in [0.4, 0.5) is 13.2 Å². The summed E-state index contributed by atoms with van der Waals surface area (Å²) in [4.78, 5) is 4.70. The molecule has 0 saturated heterocycles. The van der Waals surface area contributed by atoms with Crippen LogP contribution in [0.15, 0.2) is 73.0 Å². The van der Waals surface area contributed by atoms with Crippen molar-refractivity contribution in [3.8, 4) is 22.8 Å². The summed E-state index contributed by atoms with van der Waals surface area (Å²) in [6.45, 7) is 9.47. The van der Waals surface area contributed by atoms with E-state index >= 15 is 0 Å². The Hall–Kier alpha value is -3.48. The Bertz CT molecular complexity index is 1120. The minimum Gasteiger partial charge on any atom is -0.509 e. The van der Waals surface area contributed by atoms with Gasteiger partial charge in [0.15, 0.2) is 0 Å². The first-order chi connectivity index (χ1) is 16.0. The molecular formula is C27H28F3NO3. The zero-order valence-corrected chi connectivity index (χ0v) is 19.4. The van der Waals surface area contributed by atoms with Gasteiger partial charge in [-0.2, -0.15) is 13.2 Å². The molecule has 0 aliphatic carbocycles. The summed E-state index contributed by atoms with van der Waals surface area (Å²) < 4.78 is 50.5. The van der Waals surface area contributed by atoms with Crippen molar-refractivity contribution in [2.24, 2.45) is 5.92 Å². The van der Waals surface area contributed by atoms with Crippen LogP contribution in [0.25, 0.3) is 11.3 Å². The van der Waals surface area contributed by atoms with E-state index in [4.69, 9.17) is 14.5 Å². The maximum Gasteiger partial charge on any atom is 0.416 e. The molecule has 1 N–H and O–H groups in total. The normalized spacial score (nSPS) is 12.4. The molecule has 34 heavy (non-hydrogen) atoms. The molecule has 0 saturated carbocycles. The number of aryl methyl sites for hydroxylation is 1. The van der Waals surface area contributed by atoms with E-state index in [1.807, 2.05) is 25.1 Å². The lowest BCUT2D eigenvalue weighted by atomic mass is 10.0. The van der Waals surface area contributed by atoms with Gasteiger partial charge in [0.1, 0.15) is 30.0 Å². The molecule has 0 aliphatic heterocycles. The second-order valence-electron chi connectivity index (χ2n) is 8.54. The molecule has 0 fully saturated rings. The summed E-state index contributed by atoms with van der Waals surface area (Å²) in [5.74, 6) is 1.52. The fourth-order valence-electron chi connectivity index (χ4n) is 3.46. The first-order valence-electron chi connectivity index (χ1n) is 10.9. The topological polar surface area (TPSA) is 51.6 Å². The van der Waals surface area contributed by atoms with Crippen molar-refractivity contribution in [3.05, 3.63) is 89.8 Å². The van der Waals surface area contributed by atoms with Gasteiger partial charge in [0, 0.05) is 5.56 Å². The van der Waals surface area contributed by atoms with Gasteiger partial charge < -0.3 is 14.6 Å². The highest BCUT2D eigenvalue weighted by Crippen LogP contribution is 2.33. The van der Waals surface area contributed by atoms with E-state index in [1.165, 1.54) is 12.1 Å². The summed E-state index contributed by atoms with van der Waals surface area (Å²) in [5, 5.41) is 9.24. The lowest BCUT2D eigenvalue weighted by molar-refractivity contribution is -0.137. The van der Waals surface area contributed by atoms with Crippen molar-refractivity contribution < 1.29 is 27.8 Å². The Labute approximate surface area is 197 Å². The third-order valence-corrected chi connectivity index (χ3v) is 5.11. The smallest absolute Gasteiger partial charge is 0.416 e. The van der Waals surface area contributed by atoms with Gasteiger partial charge in [0.05, 0.1) is 17.0 Å². The maximum absolute atomic E-state index is 12.9. The Morgan fingerprint density at radius 3 is 2.35 bits per heavy atom. The predicted molar refractivity (Wildman–Crippen MR) is 126 cm³/mol. The molecule has 0 spiro atoms. The second-order valence-corrected chi connectivity index (χ2v) is 8.54. The zero-order chi connectivity index (χ0) is 24.9. The number of benzene rings is 2. The van der Waals surface area contributed by atoms with Crippen molar-refractivity contribution in [2.75, 3.05) is 6.61 Å². The van der Waals surface area contributed by atoms with E-state index in [9.17, 15) is 18.3 Å². The molecule has 0 bridgehead atoms. The number of halogens is 3. The molecule has 3 aromatic rings. The molecule has 0 aliphatic rings. The Kier molecular flexibility index (Phi) is 7.87. The van der Waals surface area contributed by atoms with E-state index < -0.39 is 11.7 Å². The number of pyridine rings is 1. The summed E-state index contributed by atoms with van der Waals surface area (Å²) >= 11 is 0. The molecule has 3 rings (SSSR count). The van der Waals surface area contributed by atoms with Crippen LogP contribution in [0.2, 0.25) is 0 Å². The first kappa shape index (κ1) is 25.1. The SMILES string of the molecule is C=C(O)COc1ccc(OC(CC(C)C)c2cccc(-c3ccc(C(F)(F)F)cc3)n2)cc1C.